The number of hydrogen-bond acceptors (Lipinski definition) is 3. The van der Waals surface area contributed by atoms with Gasteiger partial charge in [-0.05, 0) is 31.9 Å². The summed E-state index contributed by atoms with van der Waals surface area (Å²) in [6.45, 7) is 8.81. The van der Waals surface area contributed by atoms with Gasteiger partial charge in [0.25, 0.3) is 0 Å². The highest BCUT2D eigenvalue weighted by Gasteiger charge is 2.29. The number of hydrogen-bond donors (Lipinski definition) is 0. The van der Waals surface area contributed by atoms with Gasteiger partial charge in [-0.15, -0.1) is 0 Å². The Morgan fingerprint density at radius 2 is 1.96 bits per heavy atom. The SMILES string of the molecule is Cc1nn(CC(C)C)c(C)c1S(=O)(=O)N(C)Cc1cccn1C. The van der Waals surface area contributed by atoms with Crippen molar-refractivity contribution in [2.24, 2.45) is 13.0 Å². The molecule has 23 heavy (non-hydrogen) atoms. The summed E-state index contributed by atoms with van der Waals surface area (Å²) in [5.41, 5.74) is 2.21. The molecule has 128 valence electrons. The molecule has 0 amide bonds. The van der Waals surface area contributed by atoms with Crippen LogP contribution in [0.5, 0.6) is 0 Å². The quantitative estimate of drug-likeness (QED) is 0.812. The predicted octanol–water partition coefficient (Wildman–Crippen LogP) is 2.32. The summed E-state index contributed by atoms with van der Waals surface area (Å²) in [7, 11) is -0.0497. The molecule has 0 saturated heterocycles. The van der Waals surface area contributed by atoms with E-state index in [-0.39, 0.29) is 0 Å². The van der Waals surface area contributed by atoms with Gasteiger partial charge in [-0.1, -0.05) is 13.8 Å². The highest BCUT2D eigenvalue weighted by Crippen LogP contribution is 2.24. The van der Waals surface area contributed by atoms with Gasteiger partial charge >= 0.3 is 0 Å². The first-order chi connectivity index (χ1) is 10.6. The van der Waals surface area contributed by atoms with E-state index in [2.05, 4.69) is 18.9 Å². The minimum absolute atomic E-state index is 0.329. The monoisotopic (exact) mass is 338 g/mol. The van der Waals surface area contributed by atoms with Crippen molar-refractivity contribution in [1.82, 2.24) is 18.7 Å². The molecule has 0 aliphatic carbocycles. The van der Waals surface area contributed by atoms with Crippen LogP contribution in [0.1, 0.15) is 30.9 Å². The van der Waals surface area contributed by atoms with Crippen molar-refractivity contribution in [3.05, 3.63) is 35.4 Å². The standard InChI is InChI=1S/C16H26N4O2S/c1-12(2)10-20-14(4)16(13(3)17-20)23(21,22)19(6)11-15-8-7-9-18(15)5/h7-9,12H,10-11H2,1-6H3. The minimum atomic E-state index is -3.57. The van der Waals surface area contributed by atoms with E-state index in [9.17, 15) is 8.42 Å². The molecule has 0 radical (unpaired) electrons. The van der Waals surface area contributed by atoms with Crippen molar-refractivity contribution in [3.8, 4) is 0 Å². The van der Waals surface area contributed by atoms with Crippen LogP contribution in [0.4, 0.5) is 0 Å². The average molecular weight is 338 g/mol. The average Bonchev–Trinajstić information content (AvgIpc) is 2.94. The van der Waals surface area contributed by atoms with E-state index < -0.39 is 10.0 Å². The first kappa shape index (κ1) is 17.7. The molecule has 0 N–H and O–H groups in total. The molecule has 0 unspecified atom stereocenters. The van der Waals surface area contributed by atoms with Crippen molar-refractivity contribution in [2.75, 3.05) is 7.05 Å². The van der Waals surface area contributed by atoms with Gasteiger partial charge in [0.05, 0.1) is 17.9 Å². The normalized spacial score (nSPS) is 12.5. The van der Waals surface area contributed by atoms with E-state index in [0.29, 0.717) is 35.3 Å². The molecule has 2 aromatic rings. The Morgan fingerprint density at radius 1 is 1.30 bits per heavy atom. The first-order valence-electron chi connectivity index (χ1n) is 7.75. The third-order valence-electron chi connectivity index (χ3n) is 3.96. The van der Waals surface area contributed by atoms with E-state index >= 15 is 0 Å². The van der Waals surface area contributed by atoms with Crippen molar-refractivity contribution in [2.45, 2.75) is 45.7 Å². The number of aryl methyl sites for hydroxylation is 2. The lowest BCUT2D eigenvalue weighted by Crippen LogP contribution is -2.28. The molecule has 2 rings (SSSR count). The molecule has 0 saturated carbocycles. The Hall–Kier alpha value is -1.60. The predicted molar refractivity (Wildman–Crippen MR) is 90.6 cm³/mol. The third kappa shape index (κ3) is 3.50. The van der Waals surface area contributed by atoms with Gasteiger partial charge in [-0.25, -0.2) is 8.42 Å². The lowest BCUT2D eigenvalue weighted by atomic mass is 10.2. The molecule has 0 bridgehead atoms. The van der Waals surface area contributed by atoms with Gasteiger partial charge in [0.2, 0.25) is 10.0 Å². The molecule has 0 atom stereocenters. The maximum absolute atomic E-state index is 13.0. The molecule has 0 spiro atoms. The fraction of sp³-hybridized carbons (Fsp3) is 0.562. The fourth-order valence-electron chi connectivity index (χ4n) is 2.71. The number of nitrogens with zero attached hydrogens (tertiary/aromatic N) is 4. The highest BCUT2D eigenvalue weighted by atomic mass is 32.2. The van der Waals surface area contributed by atoms with Gasteiger partial charge < -0.3 is 4.57 Å². The van der Waals surface area contributed by atoms with Gasteiger partial charge in [-0.2, -0.15) is 9.40 Å². The summed E-state index contributed by atoms with van der Waals surface area (Å²) in [5, 5.41) is 4.42. The largest absolute Gasteiger partial charge is 0.353 e. The van der Waals surface area contributed by atoms with Crippen molar-refractivity contribution in [1.29, 1.82) is 0 Å². The van der Waals surface area contributed by atoms with E-state index in [4.69, 9.17) is 0 Å². The molecular formula is C16H26N4O2S. The molecular weight excluding hydrogens is 312 g/mol. The van der Waals surface area contributed by atoms with Gasteiger partial charge in [0.1, 0.15) is 4.90 Å². The molecule has 7 heteroatoms. The molecule has 6 nitrogen and oxygen atoms in total. The van der Waals surface area contributed by atoms with E-state index in [0.717, 1.165) is 5.69 Å². The Balaban J connectivity index is 2.36. The lowest BCUT2D eigenvalue weighted by Gasteiger charge is -2.18. The van der Waals surface area contributed by atoms with Crippen LogP contribution in [0.2, 0.25) is 0 Å². The van der Waals surface area contributed by atoms with Crippen LogP contribution in [-0.2, 0) is 30.2 Å². The number of rotatable bonds is 6. The van der Waals surface area contributed by atoms with Gasteiger partial charge in [0.15, 0.2) is 0 Å². The number of aromatic nitrogens is 3. The summed E-state index contributed by atoms with van der Waals surface area (Å²) >= 11 is 0. The van der Waals surface area contributed by atoms with Crippen LogP contribution < -0.4 is 0 Å². The molecule has 0 aliphatic heterocycles. The summed E-state index contributed by atoms with van der Waals surface area (Å²) in [6, 6.07) is 3.83. The zero-order valence-electron chi connectivity index (χ0n) is 14.7. The Morgan fingerprint density at radius 3 is 2.48 bits per heavy atom. The molecule has 2 aromatic heterocycles. The van der Waals surface area contributed by atoms with Crippen molar-refractivity contribution >= 4 is 10.0 Å². The van der Waals surface area contributed by atoms with Crippen LogP contribution in [0.15, 0.2) is 23.2 Å². The summed E-state index contributed by atoms with van der Waals surface area (Å²) in [6.07, 6.45) is 1.91. The highest BCUT2D eigenvalue weighted by molar-refractivity contribution is 7.89. The van der Waals surface area contributed by atoms with E-state index in [1.54, 1.807) is 18.7 Å². The van der Waals surface area contributed by atoms with Crippen LogP contribution >= 0.6 is 0 Å². The zero-order chi connectivity index (χ0) is 17.4. The fourth-order valence-corrected chi connectivity index (χ4v) is 4.21. The van der Waals surface area contributed by atoms with Crippen LogP contribution in [0, 0.1) is 19.8 Å². The summed E-state index contributed by atoms with van der Waals surface area (Å²) in [5.74, 6) is 0.407. The molecule has 0 aromatic carbocycles. The lowest BCUT2D eigenvalue weighted by molar-refractivity contribution is 0.453. The summed E-state index contributed by atoms with van der Waals surface area (Å²) < 4.78 is 31.1. The Bertz CT molecular complexity index is 787. The topological polar surface area (TPSA) is 60.1 Å². The van der Waals surface area contributed by atoms with Gasteiger partial charge in [-0.3, -0.25) is 4.68 Å². The van der Waals surface area contributed by atoms with Crippen LogP contribution in [-0.4, -0.2) is 34.1 Å². The maximum Gasteiger partial charge on any atom is 0.246 e. The smallest absolute Gasteiger partial charge is 0.246 e. The zero-order valence-corrected chi connectivity index (χ0v) is 15.6. The minimum Gasteiger partial charge on any atom is -0.353 e. The second-order valence-electron chi connectivity index (χ2n) is 6.45. The third-order valence-corrected chi connectivity index (χ3v) is 6.01. The van der Waals surface area contributed by atoms with Gasteiger partial charge in [0, 0.05) is 32.5 Å². The second kappa shape index (κ2) is 6.49. The second-order valence-corrected chi connectivity index (χ2v) is 8.43. The number of sulfonamides is 1. The summed E-state index contributed by atoms with van der Waals surface area (Å²) in [4.78, 5) is 0.329. The Kier molecular flexibility index (Phi) is 5.01. The first-order valence-corrected chi connectivity index (χ1v) is 9.19. The molecule has 2 heterocycles. The van der Waals surface area contributed by atoms with E-state index in [1.165, 1.54) is 4.31 Å². The van der Waals surface area contributed by atoms with E-state index in [1.807, 2.05) is 36.9 Å². The maximum atomic E-state index is 13.0. The van der Waals surface area contributed by atoms with Crippen molar-refractivity contribution < 1.29 is 8.42 Å². The van der Waals surface area contributed by atoms with Crippen molar-refractivity contribution in [3.63, 3.8) is 0 Å². The Labute approximate surface area is 138 Å². The molecule has 0 fully saturated rings. The van der Waals surface area contributed by atoms with Crippen LogP contribution in [0.3, 0.4) is 0 Å². The van der Waals surface area contributed by atoms with Crippen LogP contribution in [0.25, 0.3) is 0 Å². The molecule has 0 aliphatic rings.